The Morgan fingerprint density at radius 3 is 1.64 bits per heavy atom. The monoisotopic (exact) mass is 862 g/mol. The van der Waals surface area contributed by atoms with Gasteiger partial charge in [0.1, 0.15) is 29.7 Å². The number of hydrogen-bond acceptors (Lipinski definition) is 10. The molecule has 7 rings (SSSR count). The number of phosphoric acid groups is 1. The Kier molecular flexibility index (Phi) is 13.6. The number of ether oxygens (including phenoxy) is 3. The van der Waals surface area contributed by atoms with E-state index in [1.165, 1.54) is 24.3 Å². The van der Waals surface area contributed by atoms with E-state index in [0.717, 1.165) is 12.1 Å². The maximum absolute atomic E-state index is 14.5. The largest absolute Gasteiger partial charge is 0.506 e. The van der Waals surface area contributed by atoms with Crippen LogP contribution < -0.4 is 20.1 Å². The van der Waals surface area contributed by atoms with E-state index in [1.54, 1.807) is 60.7 Å². The first-order chi connectivity index (χ1) is 27.7. The third-order valence-electron chi connectivity index (χ3n) is 10.1. The number of carbonyl (C=O) groups is 3. The van der Waals surface area contributed by atoms with Crippen molar-refractivity contribution in [3.63, 3.8) is 0 Å². The van der Waals surface area contributed by atoms with Crippen LogP contribution in [-0.4, -0.2) is 59.6 Å². The summed E-state index contributed by atoms with van der Waals surface area (Å²) in [4.78, 5) is 39.6. The Bertz CT molecular complexity index is 2100. The third-order valence-corrected chi connectivity index (χ3v) is 12.0. The lowest BCUT2D eigenvalue weighted by atomic mass is 9.53. The highest BCUT2D eigenvalue weighted by Gasteiger charge is 2.67. The number of fused-ring (bicyclic) bond motifs is 3. The number of carboxylic acid groups (broad SMARTS) is 1. The van der Waals surface area contributed by atoms with Crippen LogP contribution in [0.25, 0.3) is 0 Å². The zero-order valence-electron chi connectivity index (χ0n) is 30.8. The molecule has 0 aromatic heterocycles. The molecule has 308 valence electrons. The van der Waals surface area contributed by atoms with Crippen molar-refractivity contribution in [3.8, 4) is 11.5 Å². The summed E-state index contributed by atoms with van der Waals surface area (Å²) in [6.07, 6.45) is -1.51. The minimum absolute atomic E-state index is 0.00979. The van der Waals surface area contributed by atoms with Crippen LogP contribution in [0.3, 0.4) is 0 Å². The number of benzene rings is 4. The number of hydrogen-bond donors (Lipinski definition) is 3. The number of nitrogens with one attached hydrogen (secondary N) is 2. The molecule has 18 heteroatoms. The lowest BCUT2D eigenvalue weighted by Gasteiger charge is -2.62. The second-order valence-electron chi connectivity index (χ2n) is 14.0. The van der Waals surface area contributed by atoms with Crippen molar-refractivity contribution < 1.29 is 60.6 Å². The van der Waals surface area contributed by atoms with Gasteiger partial charge in [0.25, 0.3) is 11.8 Å². The molecule has 0 saturated heterocycles. The molecule has 3 fully saturated rings. The smallest absolute Gasteiger partial charge is 0.484 e. The van der Waals surface area contributed by atoms with Crippen LogP contribution in [0.15, 0.2) is 97.1 Å². The summed E-state index contributed by atoms with van der Waals surface area (Å²) in [7, 11) is -4.56. The van der Waals surface area contributed by atoms with Crippen LogP contribution in [0, 0.1) is 11.6 Å². The van der Waals surface area contributed by atoms with E-state index in [9.17, 15) is 32.8 Å². The van der Waals surface area contributed by atoms with Gasteiger partial charge in [-0.05, 0) is 61.1 Å². The van der Waals surface area contributed by atoms with E-state index < -0.39 is 73.9 Å². The Labute approximate surface area is 342 Å². The van der Waals surface area contributed by atoms with Gasteiger partial charge in [-0.3, -0.25) is 23.2 Å². The molecule has 2 bridgehead atoms. The predicted molar refractivity (Wildman–Crippen MR) is 207 cm³/mol. The molecule has 4 aromatic rings. The molecular formula is C40H39Cl2F2N2O11P. The molecule has 13 nitrogen and oxygen atoms in total. The van der Waals surface area contributed by atoms with Gasteiger partial charge in [0.2, 0.25) is 0 Å². The van der Waals surface area contributed by atoms with E-state index in [-0.39, 0.29) is 66.9 Å². The highest BCUT2D eigenvalue weighted by Crippen LogP contribution is 2.58. The van der Waals surface area contributed by atoms with Crippen molar-refractivity contribution in [3.05, 3.63) is 130 Å². The molecule has 1 atom stereocenters. The second kappa shape index (κ2) is 18.4. The van der Waals surface area contributed by atoms with Crippen molar-refractivity contribution in [1.82, 2.24) is 10.6 Å². The normalized spacial score (nSPS) is 21.2. The molecular weight excluding hydrogens is 824 g/mol. The Morgan fingerprint density at radius 1 is 0.690 bits per heavy atom. The fourth-order valence-corrected chi connectivity index (χ4v) is 8.69. The van der Waals surface area contributed by atoms with Crippen molar-refractivity contribution in [1.29, 1.82) is 0 Å². The summed E-state index contributed by atoms with van der Waals surface area (Å²) in [5, 5.41) is 15.8. The number of phosphoric ester groups is 1. The quantitative estimate of drug-likeness (QED) is 0.0649. The number of carbonyl (C=O) groups excluding carboxylic acids is 2. The average Bonchev–Trinajstić information content (AvgIpc) is 3.21. The molecule has 4 aromatic carbocycles. The number of halogens is 4. The molecule has 3 aliphatic carbocycles. The maximum atomic E-state index is 14.5. The lowest BCUT2D eigenvalue weighted by molar-refractivity contribution is -0.180. The van der Waals surface area contributed by atoms with Gasteiger partial charge in [-0.1, -0.05) is 83.9 Å². The molecule has 0 unspecified atom stereocenters. The summed E-state index contributed by atoms with van der Waals surface area (Å²) >= 11 is 11.5. The fourth-order valence-electron chi connectivity index (χ4n) is 7.25. The van der Waals surface area contributed by atoms with Gasteiger partial charge >= 0.3 is 14.0 Å². The van der Waals surface area contributed by atoms with Crippen molar-refractivity contribution >= 4 is 49.0 Å². The first-order valence-electron chi connectivity index (χ1n) is 18.0. The van der Waals surface area contributed by atoms with E-state index in [0.29, 0.717) is 11.1 Å². The van der Waals surface area contributed by atoms with E-state index in [4.69, 9.17) is 51.0 Å². The van der Waals surface area contributed by atoms with E-state index in [2.05, 4.69) is 10.6 Å². The summed E-state index contributed by atoms with van der Waals surface area (Å²) < 4.78 is 76.9. The van der Waals surface area contributed by atoms with Crippen LogP contribution in [0.2, 0.25) is 10.0 Å². The van der Waals surface area contributed by atoms with Gasteiger partial charge < -0.3 is 30.0 Å². The molecule has 3 N–H and O–H groups in total. The van der Waals surface area contributed by atoms with Gasteiger partial charge in [0.05, 0.1) is 28.8 Å². The SMILES string of the molecule is O=C(COc1ccc(Cl)c(F)c1)NC12CCC(NC(=O)COc3ccc(Cl)c(F)c3)(CC1)[C@@](COP(=O)(OCc1ccccc1)OCc1ccccc1)(OC(=O)O)C2. The van der Waals surface area contributed by atoms with Crippen LogP contribution in [-0.2, 0) is 45.7 Å². The van der Waals surface area contributed by atoms with Crippen LogP contribution in [0.5, 0.6) is 11.5 Å². The van der Waals surface area contributed by atoms with Crippen LogP contribution >= 0.6 is 31.0 Å². The zero-order chi connectivity index (χ0) is 41.4. The molecule has 3 aliphatic rings. The van der Waals surface area contributed by atoms with Gasteiger partial charge in [0.15, 0.2) is 18.8 Å². The number of amides is 2. The predicted octanol–water partition coefficient (Wildman–Crippen LogP) is 8.41. The summed E-state index contributed by atoms with van der Waals surface area (Å²) in [5.41, 5.74) is -3.40. The molecule has 0 spiro atoms. The third kappa shape index (κ3) is 10.6. The molecule has 58 heavy (non-hydrogen) atoms. The first kappa shape index (κ1) is 42.8. The first-order valence-corrected chi connectivity index (χ1v) is 20.2. The molecule has 0 heterocycles. The van der Waals surface area contributed by atoms with Crippen LogP contribution in [0.1, 0.15) is 43.2 Å². The average molecular weight is 864 g/mol. The van der Waals surface area contributed by atoms with Crippen LogP contribution in [0.4, 0.5) is 13.6 Å². The standard InChI is InChI=1S/C40H39Cl2F2N2O11P/c41-31-13-11-29(19-33(31)43)52-23-35(47)45-38-15-17-39(18-16-38,46-36(48)24-53-30-12-14-32(42)34(44)20-30)40(25-38,57-37(49)50)26-56-58(51,54-21-27-7-3-1-4-8-27)55-22-28-9-5-2-6-10-28/h1-14,19-20H,15-18,21-26H2,(H,45,47)(H,46,48)(H,49,50)/t38?,39?,40-/m1/s1. The number of rotatable bonds is 18. The summed E-state index contributed by atoms with van der Waals surface area (Å²) in [6, 6.07) is 24.9. The van der Waals surface area contributed by atoms with Gasteiger partial charge in [-0.2, -0.15) is 0 Å². The fraction of sp³-hybridized carbons (Fsp3) is 0.325. The zero-order valence-corrected chi connectivity index (χ0v) is 33.2. The molecule has 3 saturated carbocycles. The van der Waals surface area contributed by atoms with Gasteiger partial charge in [-0.25, -0.2) is 18.1 Å². The van der Waals surface area contributed by atoms with E-state index in [1.807, 2.05) is 0 Å². The second-order valence-corrected chi connectivity index (χ2v) is 16.4. The molecule has 0 aliphatic heterocycles. The highest BCUT2D eigenvalue weighted by atomic mass is 35.5. The Balaban J connectivity index is 1.27. The molecule has 2 amide bonds. The Morgan fingerprint density at radius 2 is 1.17 bits per heavy atom. The minimum atomic E-state index is -4.56. The molecule has 0 radical (unpaired) electrons. The van der Waals surface area contributed by atoms with Crippen molar-refractivity contribution in [2.24, 2.45) is 0 Å². The minimum Gasteiger partial charge on any atom is -0.484 e. The topological polar surface area (TPSA) is 168 Å². The highest BCUT2D eigenvalue weighted by molar-refractivity contribution is 7.48. The van der Waals surface area contributed by atoms with Gasteiger partial charge in [-0.15, -0.1) is 0 Å². The lowest BCUT2D eigenvalue weighted by Crippen LogP contribution is -2.78. The van der Waals surface area contributed by atoms with Gasteiger partial charge in [0, 0.05) is 24.1 Å². The Hall–Kier alpha value is -4.76. The summed E-state index contributed by atoms with van der Waals surface area (Å²) in [6.45, 7) is -2.33. The maximum Gasteiger partial charge on any atom is 0.506 e. The van der Waals surface area contributed by atoms with Crippen molar-refractivity contribution in [2.45, 2.75) is 62.0 Å². The van der Waals surface area contributed by atoms with E-state index >= 15 is 0 Å². The summed E-state index contributed by atoms with van der Waals surface area (Å²) in [5.74, 6) is -2.79. The van der Waals surface area contributed by atoms with Crippen molar-refractivity contribution in [2.75, 3.05) is 19.8 Å².